The molecule has 110 valence electrons. The van der Waals surface area contributed by atoms with Gasteiger partial charge in [-0.3, -0.25) is 0 Å². The number of allylic oxidation sites excluding steroid dienone is 1. The van der Waals surface area contributed by atoms with Crippen LogP contribution in [0.15, 0.2) is 10.6 Å². The number of aromatic nitrogens is 1. The number of fused-ring (bicyclic) bond motifs is 1. The van der Waals surface area contributed by atoms with Gasteiger partial charge in [0.25, 0.3) is 5.88 Å². The summed E-state index contributed by atoms with van der Waals surface area (Å²) in [6, 6.07) is 0. The first-order chi connectivity index (χ1) is 9.61. The van der Waals surface area contributed by atoms with Gasteiger partial charge in [0.2, 0.25) is 0 Å². The molecule has 1 aliphatic carbocycles. The summed E-state index contributed by atoms with van der Waals surface area (Å²) in [5.41, 5.74) is 1.73. The van der Waals surface area contributed by atoms with Crippen molar-refractivity contribution in [3.05, 3.63) is 17.4 Å². The quantitative estimate of drug-likeness (QED) is 0.481. The van der Waals surface area contributed by atoms with Gasteiger partial charge in [-0.25, -0.2) is 4.79 Å². The van der Waals surface area contributed by atoms with Crippen molar-refractivity contribution in [2.75, 3.05) is 6.61 Å². The van der Waals surface area contributed by atoms with Crippen LogP contribution in [0.2, 0.25) is 0 Å². The molecule has 0 atom stereocenters. The van der Waals surface area contributed by atoms with Gasteiger partial charge in [0.15, 0.2) is 0 Å². The second kappa shape index (κ2) is 6.59. The average molecular weight is 279 g/mol. The molecule has 0 spiro atoms. The molecule has 0 N–H and O–H groups in total. The molecular formula is C15H21NO4. The Balaban J connectivity index is 2.35. The van der Waals surface area contributed by atoms with E-state index in [1.807, 2.05) is 13.8 Å². The van der Waals surface area contributed by atoms with E-state index >= 15 is 0 Å². The van der Waals surface area contributed by atoms with Crippen molar-refractivity contribution in [1.82, 2.24) is 5.16 Å². The zero-order valence-corrected chi connectivity index (χ0v) is 12.3. The minimum absolute atomic E-state index is 0.0105. The highest BCUT2D eigenvalue weighted by Gasteiger charge is 2.24. The number of nitrogens with zero attached hydrogens (tertiary/aromatic N) is 1. The summed E-state index contributed by atoms with van der Waals surface area (Å²) < 4.78 is 16.0. The number of hydrogen-bond acceptors (Lipinski definition) is 5. The topological polar surface area (TPSA) is 61.6 Å². The van der Waals surface area contributed by atoms with E-state index in [1.165, 1.54) is 6.08 Å². The third kappa shape index (κ3) is 3.40. The van der Waals surface area contributed by atoms with Gasteiger partial charge in [-0.15, -0.1) is 0 Å². The van der Waals surface area contributed by atoms with Crippen LogP contribution in [0.3, 0.4) is 0 Å². The van der Waals surface area contributed by atoms with Crippen molar-refractivity contribution in [3.63, 3.8) is 0 Å². The number of ether oxygens (including phenoxy) is 2. The number of rotatable bonds is 4. The van der Waals surface area contributed by atoms with E-state index in [4.69, 9.17) is 14.0 Å². The van der Waals surface area contributed by atoms with Crippen molar-refractivity contribution in [1.29, 1.82) is 0 Å². The lowest BCUT2D eigenvalue weighted by Gasteiger charge is -2.09. The maximum atomic E-state index is 11.7. The van der Waals surface area contributed by atoms with E-state index in [1.54, 1.807) is 6.92 Å². The highest BCUT2D eigenvalue weighted by atomic mass is 16.5. The van der Waals surface area contributed by atoms with Crippen LogP contribution in [0.4, 0.5) is 0 Å². The number of esters is 1. The highest BCUT2D eigenvalue weighted by Crippen LogP contribution is 2.36. The number of carbonyl (C=O) groups is 1. The second-order valence-corrected chi connectivity index (χ2v) is 5.08. The first-order valence-electron chi connectivity index (χ1n) is 7.14. The van der Waals surface area contributed by atoms with Gasteiger partial charge in [0.05, 0.1) is 18.3 Å². The van der Waals surface area contributed by atoms with Gasteiger partial charge in [-0.05, 0) is 50.8 Å². The van der Waals surface area contributed by atoms with Crippen LogP contribution < -0.4 is 4.74 Å². The molecular weight excluding hydrogens is 258 g/mol. The predicted octanol–water partition coefficient (Wildman–Crippen LogP) is 3.13. The van der Waals surface area contributed by atoms with Crippen LogP contribution in [-0.4, -0.2) is 23.8 Å². The standard InChI is InChI=1S/C15H21NO4/c1-4-18-13(17)9-11-7-5-6-8-12-14(11)15(16-20-12)19-10(2)3/h9-10H,4-8H2,1-3H3/b11-9-. The molecule has 0 saturated carbocycles. The van der Waals surface area contributed by atoms with Crippen molar-refractivity contribution < 1.29 is 18.8 Å². The maximum absolute atomic E-state index is 11.7. The molecule has 1 heterocycles. The molecule has 5 heteroatoms. The molecule has 1 aliphatic rings. The van der Waals surface area contributed by atoms with E-state index in [0.29, 0.717) is 12.5 Å². The third-order valence-electron chi connectivity index (χ3n) is 3.08. The first kappa shape index (κ1) is 14.6. The van der Waals surface area contributed by atoms with Crippen LogP contribution in [0.1, 0.15) is 51.4 Å². The van der Waals surface area contributed by atoms with Gasteiger partial charge in [-0.2, -0.15) is 0 Å². The Hall–Kier alpha value is -1.78. The summed E-state index contributed by atoms with van der Waals surface area (Å²) in [6.45, 7) is 6.04. The fraction of sp³-hybridized carbons (Fsp3) is 0.600. The summed E-state index contributed by atoms with van der Waals surface area (Å²) >= 11 is 0. The van der Waals surface area contributed by atoms with Gasteiger partial charge >= 0.3 is 5.97 Å². The van der Waals surface area contributed by atoms with Gasteiger partial charge < -0.3 is 14.0 Å². The van der Waals surface area contributed by atoms with E-state index in [-0.39, 0.29) is 12.1 Å². The summed E-state index contributed by atoms with van der Waals surface area (Å²) in [5, 5.41) is 3.99. The molecule has 2 rings (SSSR count). The number of hydrogen-bond donors (Lipinski definition) is 0. The van der Waals surface area contributed by atoms with Crippen LogP contribution in [0.25, 0.3) is 5.57 Å². The molecule has 0 aromatic carbocycles. The Morgan fingerprint density at radius 1 is 1.40 bits per heavy atom. The van der Waals surface area contributed by atoms with Gasteiger partial charge in [0.1, 0.15) is 5.76 Å². The maximum Gasteiger partial charge on any atom is 0.331 e. The average Bonchev–Trinajstić information content (AvgIpc) is 2.64. The fourth-order valence-electron chi connectivity index (χ4n) is 2.29. The number of carbonyl (C=O) groups excluding carboxylic acids is 1. The normalized spacial score (nSPS) is 16.9. The van der Waals surface area contributed by atoms with Crippen LogP contribution in [0.5, 0.6) is 5.88 Å². The van der Waals surface area contributed by atoms with Gasteiger partial charge in [-0.1, -0.05) is 0 Å². The first-order valence-corrected chi connectivity index (χ1v) is 7.14. The Morgan fingerprint density at radius 2 is 2.15 bits per heavy atom. The lowest BCUT2D eigenvalue weighted by molar-refractivity contribution is -0.137. The van der Waals surface area contributed by atoms with Crippen molar-refractivity contribution in [3.8, 4) is 5.88 Å². The minimum atomic E-state index is -0.327. The molecule has 0 fully saturated rings. The molecule has 0 unspecified atom stereocenters. The molecule has 1 aromatic rings. The summed E-state index contributed by atoms with van der Waals surface area (Å²) in [6.07, 6.45) is 5.21. The Bertz CT molecular complexity index is 502. The van der Waals surface area contributed by atoms with Crippen LogP contribution >= 0.6 is 0 Å². The highest BCUT2D eigenvalue weighted by molar-refractivity contribution is 5.92. The van der Waals surface area contributed by atoms with Crippen molar-refractivity contribution >= 4 is 11.5 Å². The fourth-order valence-corrected chi connectivity index (χ4v) is 2.29. The van der Waals surface area contributed by atoms with E-state index in [9.17, 15) is 4.79 Å². The molecule has 1 aromatic heterocycles. The lowest BCUT2D eigenvalue weighted by atomic mass is 10.0. The molecule has 0 bridgehead atoms. The third-order valence-corrected chi connectivity index (χ3v) is 3.08. The summed E-state index contributed by atoms with van der Waals surface area (Å²) in [7, 11) is 0. The Morgan fingerprint density at radius 3 is 2.85 bits per heavy atom. The van der Waals surface area contributed by atoms with Crippen molar-refractivity contribution in [2.45, 2.75) is 52.6 Å². The SMILES string of the molecule is CCOC(=O)/C=C1/CCCCc2onc(OC(C)C)c21. The molecule has 20 heavy (non-hydrogen) atoms. The summed E-state index contributed by atoms with van der Waals surface area (Å²) in [4.78, 5) is 11.7. The largest absolute Gasteiger partial charge is 0.472 e. The minimum Gasteiger partial charge on any atom is -0.472 e. The van der Waals surface area contributed by atoms with Crippen LogP contribution in [-0.2, 0) is 16.0 Å². The second-order valence-electron chi connectivity index (χ2n) is 5.08. The molecule has 5 nitrogen and oxygen atoms in total. The van der Waals surface area contributed by atoms with E-state index in [2.05, 4.69) is 5.16 Å². The molecule has 0 radical (unpaired) electrons. The molecule has 0 aliphatic heterocycles. The Kier molecular flexibility index (Phi) is 4.82. The van der Waals surface area contributed by atoms with E-state index < -0.39 is 0 Å². The Labute approximate surface area is 118 Å². The van der Waals surface area contributed by atoms with Crippen LogP contribution in [0, 0.1) is 0 Å². The lowest BCUT2D eigenvalue weighted by Crippen LogP contribution is -2.08. The number of aryl methyl sites for hydroxylation is 1. The zero-order valence-electron chi connectivity index (χ0n) is 12.3. The zero-order chi connectivity index (χ0) is 14.5. The van der Waals surface area contributed by atoms with Crippen molar-refractivity contribution in [2.24, 2.45) is 0 Å². The monoisotopic (exact) mass is 279 g/mol. The predicted molar refractivity (Wildman–Crippen MR) is 74.4 cm³/mol. The smallest absolute Gasteiger partial charge is 0.331 e. The molecule has 0 amide bonds. The van der Waals surface area contributed by atoms with Gasteiger partial charge in [0, 0.05) is 12.5 Å². The summed E-state index contributed by atoms with van der Waals surface area (Å²) in [5.74, 6) is 0.952. The van der Waals surface area contributed by atoms with E-state index in [0.717, 1.165) is 42.6 Å². The molecule has 0 saturated heterocycles.